The molecule has 0 aliphatic carbocycles. The van der Waals surface area contributed by atoms with Crippen LogP contribution in [0.4, 0.5) is 11.4 Å². The Labute approximate surface area is 133 Å². The number of thiophene rings is 1. The molecule has 21 heavy (non-hydrogen) atoms. The van der Waals surface area contributed by atoms with E-state index in [1.165, 1.54) is 37.6 Å². The molecule has 5 nitrogen and oxygen atoms in total. The third-order valence-corrected chi connectivity index (χ3v) is 5.93. The van der Waals surface area contributed by atoms with Gasteiger partial charge in [-0.15, -0.1) is 11.3 Å². The fourth-order valence-corrected chi connectivity index (χ4v) is 3.67. The highest BCUT2D eigenvalue weighted by Gasteiger charge is 2.18. The van der Waals surface area contributed by atoms with E-state index in [0.29, 0.717) is 17.9 Å². The van der Waals surface area contributed by atoms with Gasteiger partial charge in [-0.1, -0.05) is 11.6 Å². The summed E-state index contributed by atoms with van der Waals surface area (Å²) in [6, 6.07) is 8.43. The molecule has 0 fully saturated rings. The van der Waals surface area contributed by atoms with Gasteiger partial charge in [-0.2, -0.15) is 0 Å². The summed E-state index contributed by atoms with van der Waals surface area (Å²) in [5.74, 6) is 0. The molecular formula is C13H16ClN3O2S2. The van der Waals surface area contributed by atoms with Crippen LogP contribution < -0.4 is 11.1 Å². The number of nitrogen functional groups attached to an aromatic ring is 1. The molecule has 114 valence electrons. The van der Waals surface area contributed by atoms with Gasteiger partial charge in [-0.25, -0.2) is 12.7 Å². The highest BCUT2D eigenvalue weighted by atomic mass is 35.5. The first-order valence-corrected chi connectivity index (χ1v) is 8.74. The summed E-state index contributed by atoms with van der Waals surface area (Å²) in [6.45, 7) is 0.585. The molecule has 8 heteroatoms. The first-order chi connectivity index (χ1) is 9.80. The van der Waals surface area contributed by atoms with Gasteiger partial charge in [0.25, 0.3) is 0 Å². The van der Waals surface area contributed by atoms with Crippen molar-refractivity contribution in [1.82, 2.24) is 4.31 Å². The lowest BCUT2D eigenvalue weighted by Crippen LogP contribution is -2.22. The third-order valence-electron chi connectivity index (χ3n) is 2.88. The topological polar surface area (TPSA) is 75.4 Å². The average molecular weight is 346 g/mol. The zero-order valence-electron chi connectivity index (χ0n) is 11.6. The van der Waals surface area contributed by atoms with Crippen molar-refractivity contribution in [3.8, 4) is 0 Å². The maximum Gasteiger partial charge on any atom is 0.242 e. The summed E-state index contributed by atoms with van der Waals surface area (Å²) in [5.41, 5.74) is 7.00. The van der Waals surface area contributed by atoms with Gasteiger partial charge in [0.1, 0.15) is 0 Å². The number of halogens is 1. The minimum atomic E-state index is -3.47. The van der Waals surface area contributed by atoms with Crippen LogP contribution in [0, 0.1) is 0 Å². The molecule has 0 spiro atoms. The number of nitrogens with one attached hydrogen (secondary N) is 1. The van der Waals surface area contributed by atoms with E-state index in [-0.39, 0.29) is 4.90 Å². The number of hydrogen-bond donors (Lipinski definition) is 2. The van der Waals surface area contributed by atoms with Gasteiger partial charge in [0.2, 0.25) is 10.0 Å². The summed E-state index contributed by atoms with van der Waals surface area (Å²) in [5, 5.41) is 3.17. The number of nitrogens with zero attached hydrogens (tertiary/aromatic N) is 1. The Morgan fingerprint density at radius 3 is 2.52 bits per heavy atom. The molecule has 0 bridgehead atoms. The van der Waals surface area contributed by atoms with Gasteiger partial charge in [-0.05, 0) is 30.3 Å². The smallest absolute Gasteiger partial charge is 0.242 e. The summed E-state index contributed by atoms with van der Waals surface area (Å²) in [4.78, 5) is 1.25. The van der Waals surface area contributed by atoms with Crippen LogP contribution in [0.15, 0.2) is 35.2 Å². The zero-order chi connectivity index (χ0) is 15.6. The molecule has 0 aliphatic heterocycles. The predicted octanol–water partition coefficient (Wildman–Crippen LogP) is 2.85. The largest absolute Gasteiger partial charge is 0.397 e. The van der Waals surface area contributed by atoms with Gasteiger partial charge in [0, 0.05) is 25.5 Å². The molecule has 0 radical (unpaired) electrons. The molecule has 2 rings (SSSR count). The molecule has 1 heterocycles. The lowest BCUT2D eigenvalue weighted by atomic mass is 10.2. The van der Waals surface area contributed by atoms with Crippen molar-refractivity contribution in [2.45, 2.75) is 11.4 Å². The van der Waals surface area contributed by atoms with Crippen LogP contribution >= 0.6 is 22.9 Å². The van der Waals surface area contributed by atoms with Crippen molar-refractivity contribution in [1.29, 1.82) is 0 Å². The highest BCUT2D eigenvalue weighted by Crippen LogP contribution is 2.26. The maximum absolute atomic E-state index is 12.0. The van der Waals surface area contributed by atoms with Crippen molar-refractivity contribution in [3.63, 3.8) is 0 Å². The lowest BCUT2D eigenvalue weighted by molar-refractivity contribution is 0.521. The van der Waals surface area contributed by atoms with E-state index in [0.717, 1.165) is 13.5 Å². The molecule has 0 unspecified atom stereocenters. The molecule has 1 aromatic carbocycles. The second-order valence-corrected chi connectivity index (χ2v) is 8.55. The maximum atomic E-state index is 12.0. The van der Waals surface area contributed by atoms with E-state index in [2.05, 4.69) is 5.32 Å². The van der Waals surface area contributed by atoms with Crippen LogP contribution in [-0.4, -0.2) is 26.8 Å². The average Bonchev–Trinajstić information content (AvgIpc) is 2.82. The standard InChI is InChI=1S/C13H16ClN3O2S2/c1-17(2)21(18,19)10-4-5-12(11(15)7-10)16-8-9-3-6-13(14)20-9/h3-7,16H,8,15H2,1-2H3. The van der Waals surface area contributed by atoms with Crippen molar-refractivity contribution in [2.24, 2.45) is 0 Å². The number of rotatable bonds is 5. The minimum absolute atomic E-state index is 0.176. The van der Waals surface area contributed by atoms with Gasteiger partial charge in [0.05, 0.1) is 20.6 Å². The number of nitrogens with two attached hydrogens (primary N) is 1. The second-order valence-electron chi connectivity index (χ2n) is 4.60. The van der Waals surface area contributed by atoms with Gasteiger partial charge < -0.3 is 11.1 Å². The summed E-state index contributed by atoms with van der Waals surface area (Å²) in [6.07, 6.45) is 0. The molecule has 0 amide bonds. The van der Waals surface area contributed by atoms with Crippen LogP contribution in [0.2, 0.25) is 4.34 Å². The van der Waals surface area contributed by atoms with E-state index >= 15 is 0 Å². The van der Waals surface area contributed by atoms with E-state index < -0.39 is 10.0 Å². The fourth-order valence-electron chi connectivity index (χ4n) is 1.70. The molecule has 1 aromatic heterocycles. The number of benzene rings is 1. The number of anilines is 2. The number of sulfonamides is 1. The second kappa shape index (κ2) is 6.23. The van der Waals surface area contributed by atoms with E-state index in [9.17, 15) is 8.42 Å². The Hall–Kier alpha value is -1.28. The summed E-state index contributed by atoms with van der Waals surface area (Å²) < 4.78 is 25.9. The van der Waals surface area contributed by atoms with Crippen molar-refractivity contribution >= 4 is 44.3 Å². The number of hydrogen-bond acceptors (Lipinski definition) is 5. The van der Waals surface area contributed by atoms with Crippen LogP contribution in [0.3, 0.4) is 0 Å². The molecule has 2 aromatic rings. The predicted molar refractivity (Wildman–Crippen MR) is 88.4 cm³/mol. The van der Waals surface area contributed by atoms with Crippen LogP contribution in [0.5, 0.6) is 0 Å². The first kappa shape index (κ1) is 16.1. The first-order valence-electron chi connectivity index (χ1n) is 6.11. The van der Waals surface area contributed by atoms with Crippen molar-refractivity contribution in [3.05, 3.63) is 39.5 Å². The Balaban J connectivity index is 2.16. The molecule has 0 saturated carbocycles. The van der Waals surface area contributed by atoms with Crippen molar-refractivity contribution < 1.29 is 8.42 Å². The quantitative estimate of drug-likeness (QED) is 0.817. The van der Waals surface area contributed by atoms with E-state index in [4.69, 9.17) is 17.3 Å². The van der Waals surface area contributed by atoms with Crippen molar-refractivity contribution in [2.75, 3.05) is 25.1 Å². The highest BCUT2D eigenvalue weighted by molar-refractivity contribution is 7.89. The zero-order valence-corrected chi connectivity index (χ0v) is 14.0. The Kier molecular flexibility index (Phi) is 4.77. The molecule has 0 saturated heterocycles. The Morgan fingerprint density at radius 1 is 1.29 bits per heavy atom. The molecule has 0 atom stereocenters. The van der Waals surface area contributed by atoms with E-state index in [1.54, 1.807) is 6.07 Å². The fraction of sp³-hybridized carbons (Fsp3) is 0.231. The molecule has 3 N–H and O–H groups in total. The van der Waals surface area contributed by atoms with Crippen LogP contribution in [0.1, 0.15) is 4.88 Å². The van der Waals surface area contributed by atoms with Gasteiger partial charge in [-0.3, -0.25) is 0 Å². The van der Waals surface area contributed by atoms with Crippen LogP contribution in [0.25, 0.3) is 0 Å². The lowest BCUT2D eigenvalue weighted by Gasteiger charge is -2.14. The van der Waals surface area contributed by atoms with E-state index in [1.807, 2.05) is 12.1 Å². The molecule has 0 aliphatic rings. The summed E-state index contributed by atoms with van der Waals surface area (Å²) in [7, 11) is -0.501. The minimum Gasteiger partial charge on any atom is -0.397 e. The SMILES string of the molecule is CN(C)S(=O)(=O)c1ccc(NCc2ccc(Cl)s2)c(N)c1. The monoisotopic (exact) mass is 345 g/mol. The Morgan fingerprint density at radius 2 is 2.00 bits per heavy atom. The van der Waals surface area contributed by atoms with Gasteiger partial charge >= 0.3 is 0 Å². The summed E-state index contributed by atoms with van der Waals surface area (Å²) >= 11 is 7.35. The third kappa shape index (κ3) is 3.68. The Bertz CT molecular complexity index is 742. The van der Waals surface area contributed by atoms with Gasteiger partial charge in [0.15, 0.2) is 0 Å². The molecular weight excluding hydrogens is 330 g/mol. The normalized spacial score (nSPS) is 11.8. The van der Waals surface area contributed by atoms with Crippen LogP contribution in [-0.2, 0) is 16.6 Å².